The van der Waals surface area contributed by atoms with E-state index in [0.29, 0.717) is 0 Å². The van der Waals surface area contributed by atoms with Crippen molar-refractivity contribution in [2.75, 3.05) is 0 Å². The highest BCUT2D eigenvalue weighted by Gasteiger charge is 1.91. The van der Waals surface area contributed by atoms with Crippen molar-refractivity contribution in [2.45, 2.75) is 20.8 Å². The van der Waals surface area contributed by atoms with Gasteiger partial charge in [-0.15, -0.1) is 0 Å². The molecule has 2 aromatic heterocycles. The Hall–Kier alpha value is -1.38. The van der Waals surface area contributed by atoms with E-state index in [1.54, 1.807) is 17.0 Å². The lowest BCUT2D eigenvalue weighted by Gasteiger charge is -1.91. The summed E-state index contributed by atoms with van der Waals surface area (Å²) in [5, 5.41) is 8.01. The molecule has 0 unspecified atom stereocenters. The zero-order chi connectivity index (χ0) is 8.97. The van der Waals surface area contributed by atoms with Crippen LogP contribution in [0.2, 0.25) is 0 Å². The van der Waals surface area contributed by atoms with E-state index in [1.807, 2.05) is 32.9 Å². The molecule has 0 spiro atoms. The molecule has 0 aliphatic rings. The SMILES string of the molecule is CC.Cc1cnn2nccc2c1. The molecule has 2 rings (SSSR count). The van der Waals surface area contributed by atoms with Gasteiger partial charge in [0, 0.05) is 0 Å². The van der Waals surface area contributed by atoms with E-state index in [9.17, 15) is 0 Å². The monoisotopic (exact) mass is 163 g/mol. The molecule has 64 valence electrons. The zero-order valence-electron chi connectivity index (χ0n) is 7.65. The molecule has 0 saturated carbocycles. The molecule has 12 heavy (non-hydrogen) atoms. The van der Waals surface area contributed by atoms with Crippen LogP contribution >= 0.6 is 0 Å². The van der Waals surface area contributed by atoms with E-state index in [2.05, 4.69) is 10.2 Å². The Balaban J connectivity index is 0.000000336. The summed E-state index contributed by atoms with van der Waals surface area (Å²) in [5.41, 5.74) is 2.20. The largest absolute Gasteiger partial charge is 0.159 e. The summed E-state index contributed by atoms with van der Waals surface area (Å²) in [4.78, 5) is 0. The highest BCUT2D eigenvalue weighted by atomic mass is 15.4. The molecule has 2 aromatic rings. The van der Waals surface area contributed by atoms with Crippen molar-refractivity contribution in [3.8, 4) is 0 Å². The Morgan fingerprint density at radius 3 is 2.75 bits per heavy atom. The fourth-order valence-electron chi connectivity index (χ4n) is 0.925. The fraction of sp³-hybridized carbons (Fsp3) is 0.333. The first-order valence-electron chi connectivity index (χ1n) is 4.13. The van der Waals surface area contributed by atoms with Crippen LogP contribution in [0.15, 0.2) is 24.5 Å². The summed E-state index contributed by atoms with van der Waals surface area (Å²) in [6, 6.07) is 3.97. The van der Waals surface area contributed by atoms with E-state index >= 15 is 0 Å². The highest BCUT2D eigenvalue weighted by Crippen LogP contribution is 2.01. The number of rotatable bonds is 0. The normalized spacial score (nSPS) is 9.25. The zero-order valence-corrected chi connectivity index (χ0v) is 7.65. The Bertz CT molecular complexity index is 351. The fourth-order valence-corrected chi connectivity index (χ4v) is 0.925. The summed E-state index contributed by atoms with van der Waals surface area (Å²) in [6.07, 6.45) is 3.53. The Kier molecular flexibility index (Phi) is 2.80. The van der Waals surface area contributed by atoms with E-state index in [0.717, 1.165) is 11.1 Å². The lowest BCUT2D eigenvalue weighted by molar-refractivity contribution is 0.796. The van der Waals surface area contributed by atoms with Crippen LogP contribution in [0.3, 0.4) is 0 Å². The number of nitrogens with zero attached hydrogens (tertiary/aromatic N) is 3. The van der Waals surface area contributed by atoms with Crippen LogP contribution in [-0.4, -0.2) is 14.8 Å². The summed E-state index contributed by atoms with van der Waals surface area (Å²) < 4.78 is 1.60. The first-order chi connectivity index (χ1) is 5.86. The van der Waals surface area contributed by atoms with Crippen LogP contribution < -0.4 is 0 Å². The maximum atomic E-state index is 4.05. The van der Waals surface area contributed by atoms with Gasteiger partial charge in [-0.2, -0.15) is 14.8 Å². The summed E-state index contributed by atoms with van der Waals surface area (Å²) >= 11 is 0. The average molecular weight is 163 g/mol. The van der Waals surface area contributed by atoms with E-state index in [4.69, 9.17) is 0 Å². The average Bonchev–Trinajstić information content (AvgIpc) is 2.54. The van der Waals surface area contributed by atoms with Crippen LogP contribution in [0, 0.1) is 6.92 Å². The van der Waals surface area contributed by atoms with Crippen LogP contribution in [-0.2, 0) is 0 Å². The van der Waals surface area contributed by atoms with Crippen LogP contribution in [0.4, 0.5) is 0 Å². The molecule has 0 amide bonds. The van der Waals surface area contributed by atoms with Gasteiger partial charge < -0.3 is 0 Å². The van der Waals surface area contributed by atoms with Gasteiger partial charge in [0.25, 0.3) is 0 Å². The van der Waals surface area contributed by atoms with Crippen LogP contribution in [0.25, 0.3) is 5.52 Å². The van der Waals surface area contributed by atoms with Crippen molar-refractivity contribution >= 4 is 5.52 Å². The summed E-state index contributed by atoms with van der Waals surface area (Å²) in [5.74, 6) is 0. The van der Waals surface area contributed by atoms with Crippen molar-refractivity contribution in [2.24, 2.45) is 0 Å². The van der Waals surface area contributed by atoms with E-state index < -0.39 is 0 Å². The quantitative estimate of drug-likeness (QED) is 0.595. The number of aromatic nitrogens is 3. The topological polar surface area (TPSA) is 30.2 Å². The minimum absolute atomic E-state index is 1.04. The van der Waals surface area contributed by atoms with E-state index in [1.165, 1.54) is 0 Å². The van der Waals surface area contributed by atoms with Crippen molar-refractivity contribution in [3.63, 3.8) is 0 Å². The molecule has 0 aliphatic carbocycles. The summed E-state index contributed by atoms with van der Waals surface area (Å²) in [6.45, 7) is 6.01. The molecule has 0 aromatic carbocycles. The Labute approximate surface area is 72.0 Å². The lowest BCUT2D eigenvalue weighted by Crippen LogP contribution is -1.91. The van der Waals surface area contributed by atoms with Gasteiger partial charge in [0.15, 0.2) is 0 Å². The number of aryl methyl sites for hydroxylation is 1. The predicted octanol–water partition coefficient (Wildman–Crippen LogP) is 2.06. The van der Waals surface area contributed by atoms with Gasteiger partial charge in [0.2, 0.25) is 0 Å². The summed E-state index contributed by atoms with van der Waals surface area (Å²) in [7, 11) is 0. The van der Waals surface area contributed by atoms with E-state index in [-0.39, 0.29) is 0 Å². The smallest absolute Gasteiger partial charge is 0.0875 e. The van der Waals surface area contributed by atoms with Crippen molar-refractivity contribution in [1.29, 1.82) is 0 Å². The van der Waals surface area contributed by atoms with Crippen LogP contribution in [0.5, 0.6) is 0 Å². The van der Waals surface area contributed by atoms with Gasteiger partial charge in [-0.25, -0.2) is 0 Å². The van der Waals surface area contributed by atoms with Crippen LogP contribution in [0.1, 0.15) is 19.4 Å². The molecule has 3 heteroatoms. The number of fused-ring (bicyclic) bond motifs is 1. The molecule has 0 aliphatic heterocycles. The molecule has 2 heterocycles. The molecule has 0 saturated heterocycles. The van der Waals surface area contributed by atoms with Gasteiger partial charge in [-0.3, -0.25) is 0 Å². The molecule has 3 nitrogen and oxygen atoms in total. The van der Waals surface area contributed by atoms with Crippen molar-refractivity contribution in [1.82, 2.24) is 14.8 Å². The first-order valence-corrected chi connectivity index (χ1v) is 4.13. The molecule has 0 atom stereocenters. The first kappa shape index (κ1) is 8.71. The van der Waals surface area contributed by atoms with Gasteiger partial charge >= 0.3 is 0 Å². The minimum Gasteiger partial charge on any atom is -0.159 e. The maximum absolute atomic E-state index is 4.05. The second-order valence-corrected chi connectivity index (χ2v) is 2.28. The third kappa shape index (κ3) is 1.61. The standard InChI is InChI=1S/C7H7N3.C2H6/c1-6-4-7-2-3-8-10(7)9-5-6;1-2/h2-5H,1H3;1-2H3. The second-order valence-electron chi connectivity index (χ2n) is 2.28. The second kappa shape index (κ2) is 3.85. The number of hydrogen-bond donors (Lipinski definition) is 0. The van der Waals surface area contributed by atoms with Gasteiger partial charge in [-0.05, 0) is 24.6 Å². The van der Waals surface area contributed by atoms with Gasteiger partial charge in [0.1, 0.15) is 0 Å². The van der Waals surface area contributed by atoms with Gasteiger partial charge in [-0.1, -0.05) is 13.8 Å². The Morgan fingerprint density at radius 1 is 1.25 bits per heavy atom. The molecular formula is C9H13N3. The third-order valence-corrected chi connectivity index (χ3v) is 1.40. The lowest BCUT2D eigenvalue weighted by atomic mass is 10.3. The number of hydrogen-bond acceptors (Lipinski definition) is 2. The highest BCUT2D eigenvalue weighted by molar-refractivity contribution is 5.45. The molecule has 0 fully saturated rings. The van der Waals surface area contributed by atoms with Crippen molar-refractivity contribution in [3.05, 3.63) is 30.1 Å². The third-order valence-electron chi connectivity index (χ3n) is 1.40. The maximum Gasteiger partial charge on any atom is 0.0875 e. The van der Waals surface area contributed by atoms with Crippen molar-refractivity contribution < 1.29 is 0 Å². The molecule has 0 radical (unpaired) electrons. The molecular weight excluding hydrogens is 150 g/mol. The Morgan fingerprint density at radius 2 is 2.00 bits per heavy atom. The molecule has 0 bridgehead atoms. The predicted molar refractivity (Wildman–Crippen MR) is 49.1 cm³/mol. The van der Waals surface area contributed by atoms with Gasteiger partial charge in [0.05, 0.1) is 17.9 Å². The minimum atomic E-state index is 1.04. The molecule has 0 N–H and O–H groups in total.